The number of benzene rings is 1. The lowest BCUT2D eigenvalue weighted by atomic mass is 10.1. The standard InChI is InChI=1S/C15H20ClNO/c1-5-6-17(10-13(4)16)15(18)14-8-11(2)7-12(3)9-14/h7-9H,4-6,10H2,1-3H3. The topological polar surface area (TPSA) is 20.3 Å². The van der Waals surface area contributed by atoms with Gasteiger partial charge >= 0.3 is 0 Å². The number of aryl methyl sites for hydroxylation is 2. The molecule has 3 heteroatoms. The molecule has 98 valence electrons. The molecule has 1 aromatic carbocycles. The molecule has 0 unspecified atom stereocenters. The van der Waals surface area contributed by atoms with Gasteiger partial charge in [0.05, 0.1) is 6.54 Å². The van der Waals surface area contributed by atoms with Gasteiger partial charge in [-0.05, 0) is 32.4 Å². The Morgan fingerprint density at radius 2 is 1.83 bits per heavy atom. The molecule has 0 spiro atoms. The van der Waals surface area contributed by atoms with Gasteiger partial charge in [-0.2, -0.15) is 0 Å². The third-order valence-corrected chi connectivity index (χ3v) is 2.73. The first kappa shape index (κ1) is 14.8. The second-order valence-electron chi connectivity index (χ2n) is 4.62. The van der Waals surface area contributed by atoms with Crippen LogP contribution in [0.2, 0.25) is 0 Å². The molecule has 0 radical (unpaired) electrons. The van der Waals surface area contributed by atoms with E-state index < -0.39 is 0 Å². The smallest absolute Gasteiger partial charge is 0.254 e. The van der Waals surface area contributed by atoms with Crippen LogP contribution in [0, 0.1) is 13.8 Å². The van der Waals surface area contributed by atoms with Gasteiger partial charge in [0.25, 0.3) is 5.91 Å². The van der Waals surface area contributed by atoms with Crippen LogP contribution in [0.1, 0.15) is 34.8 Å². The number of halogens is 1. The minimum atomic E-state index is 0.0189. The van der Waals surface area contributed by atoms with Gasteiger partial charge in [0.2, 0.25) is 0 Å². The van der Waals surface area contributed by atoms with Crippen molar-refractivity contribution in [1.29, 1.82) is 0 Å². The molecule has 1 amide bonds. The molecule has 0 aliphatic rings. The zero-order chi connectivity index (χ0) is 13.7. The first-order valence-electron chi connectivity index (χ1n) is 6.15. The van der Waals surface area contributed by atoms with Crippen molar-refractivity contribution >= 4 is 17.5 Å². The summed E-state index contributed by atoms with van der Waals surface area (Å²) >= 11 is 5.81. The Labute approximate surface area is 114 Å². The zero-order valence-electron chi connectivity index (χ0n) is 11.3. The van der Waals surface area contributed by atoms with Crippen molar-refractivity contribution in [3.8, 4) is 0 Å². The third-order valence-electron chi connectivity index (χ3n) is 2.61. The number of carbonyl (C=O) groups excluding carboxylic acids is 1. The Morgan fingerprint density at radius 1 is 1.28 bits per heavy atom. The van der Waals surface area contributed by atoms with E-state index in [1.54, 1.807) is 4.90 Å². The average Bonchev–Trinajstić information content (AvgIpc) is 2.25. The van der Waals surface area contributed by atoms with E-state index in [2.05, 4.69) is 12.6 Å². The van der Waals surface area contributed by atoms with Crippen molar-refractivity contribution in [3.63, 3.8) is 0 Å². The monoisotopic (exact) mass is 265 g/mol. The Kier molecular flexibility index (Phi) is 5.42. The van der Waals surface area contributed by atoms with Gasteiger partial charge in [-0.25, -0.2) is 0 Å². The van der Waals surface area contributed by atoms with Crippen LogP contribution >= 0.6 is 11.6 Å². The molecule has 0 atom stereocenters. The van der Waals surface area contributed by atoms with Crippen molar-refractivity contribution in [1.82, 2.24) is 4.90 Å². The fourth-order valence-corrected chi connectivity index (χ4v) is 2.15. The van der Waals surface area contributed by atoms with Crippen LogP contribution in [0.25, 0.3) is 0 Å². The van der Waals surface area contributed by atoms with E-state index in [1.165, 1.54) is 0 Å². The maximum absolute atomic E-state index is 12.4. The molecule has 0 aliphatic heterocycles. The first-order valence-corrected chi connectivity index (χ1v) is 6.52. The normalized spacial score (nSPS) is 10.2. The molecule has 2 nitrogen and oxygen atoms in total. The van der Waals surface area contributed by atoms with Crippen molar-refractivity contribution in [2.75, 3.05) is 13.1 Å². The molecule has 0 saturated carbocycles. The number of nitrogens with zero attached hydrogens (tertiary/aromatic N) is 1. The predicted molar refractivity (Wildman–Crippen MR) is 77.1 cm³/mol. The maximum atomic E-state index is 12.4. The fourth-order valence-electron chi connectivity index (χ4n) is 2.01. The van der Waals surface area contributed by atoms with E-state index >= 15 is 0 Å². The Balaban J connectivity index is 2.97. The summed E-state index contributed by atoms with van der Waals surface area (Å²) in [5.41, 5.74) is 2.91. The van der Waals surface area contributed by atoms with Crippen molar-refractivity contribution < 1.29 is 4.79 Å². The first-order chi connectivity index (χ1) is 8.43. The van der Waals surface area contributed by atoms with E-state index in [9.17, 15) is 4.79 Å². The molecular formula is C15H20ClNO. The second-order valence-corrected chi connectivity index (χ2v) is 5.15. The summed E-state index contributed by atoms with van der Waals surface area (Å²) in [5, 5.41) is 0.487. The molecule has 0 aliphatic carbocycles. The third kappa shape index (κ3) is 4.19. The van der Waals surface area contributed by atoms with Gasteiger partial charge in [-0.3, -0.25) is 4.79 Å². The van der Waals surface area contributed by atoms with Crippen molar-refractivity contribution in [3.05, 3.63) is 46.5 Å². The van der Waals surface area contributed by atoms with Gasteiger partial charge in [0.1, 0.15) is 0 Å². The molecule has 0 saturated heterocycles. The van der Waals surface area contributed by atoms with Crippen molar-refractivity contribution in [2.24, 2.45) is 0 Å². The summed E-state index contributed by atoms with van der Waals surface area (Å²) in [5.74, 6) is 0.0189. The summed E-state index contributed by atoms with van der Waals surface area (Å²) in [6.07, 6.45) is 0.903. The number of rotatable bonds is 5. The number of amides is 1. The van der Waals surface area contributed by atoms with E-state index in [1.807, 2.05) is 32.9 Å². The molecule has 0 heterocycles. The Bertz CT molecular complexity index is 434. The maximum Gasteiger partial charge on any atom is 0.254 e. The van der Waals surface area contributed by atoms with Gasteiger partial charge in [-0.15, -0.1) is 0 Å². The number of carbonyl (C=O) groups is 1. The summed E-state index contributed by atoms with van der Waals surface area (Å²) < 4.78 is 0. The number of hydrogen-bond donors (Lipinski definition) is 0. The highest BCUT2D eigenvalue weighted by atomic mass is 35.5. The van der Waals surface area contributed by atoms with Crippen LogP contribution in [0.15, 0.2) is 29.8 Å². The molecule has 0 fully saturated rings. The highest BCUT2D eigenvalue weighted by Crippen LogP contribution is 2.13. The van der Waals surface area contributed by atoms with Gasteiger partial charge < -0.3 is 4.90 Å². The lowest BCUT2D eigenvalue weighted by Crippen LogP contribution is -2.32. The minimum Gasteiger partial charge on any atom is -0.333 e. The van der Waals surface area contributed by atoms with Crippen LogP contribution in [-0.4, -0.2) is 23.9 Å². The van der Waals surface area contributed by atoms with Crippen LogP contribution < -0.4 is 0 Å². The van der Waals surface area contributed by atoms with E-state index in [0.717, 1.165) is 23.1 Å². The molecule has 1 rings (SSSR count). The van der Waals surface area contributed by atoms with Gasteiger partial charge in [-0.1, -0.05) is 42.3 Å². The largest absolute Gasteiger partial charge is 0.333 e. The summed E-state index contributed by atoms with van der Waals surface area (Å²) in [6, 6.07) is 5.88. The lowest BCUT2D eigenvalue weighted by molar-refractivity contribution is 0.0772. The van der Waals surface area contributed by atoms with Crippen LogP contribution in [0.3, 0.4) is 0 Å². The van der Waals surface area contributed by atoms with E-state index in [4.69, 9.17) is 11.6 Å². The second kappa shape index (κ2) is 6.60. The fraction of sp³-hybridized carbons (Fsp3) is 0.400. The SMILES string of the molecule is C=C(Cl)CN(CCC)C(=O)c1cc(C)cc(C)c1. The predicted octanol–water partition coefficient (Wildman–Crippen LogP) is 3.91. The quantitative estimate of drug-likeness (QED) is 0.791. The van der Waals surface area contributed by atoms with E-state index in [-0.39, 0.29) is 5.91 Å². The highest BCUT2D eigenvalue weighted by molar-refractivity contribution is 6.29. The summed E-state index contributed by atoms with van der Waals surface area (Å²) in [4.78, 5) is 14.1. The minimum absolute atomic E-state index is 0.0189. The molecule has 0 N–H and O–H groups in total. The average molecular weight is 266 g/mol. The molecule has 18 heavy (non-hydrogen) atoms. The lowest BCUT2D eigenvalue weighted by Gasteiger charge is -2.22. The van der Waals surface area contributed by atoms with Crippen molar-refractivity contribution in [2.45, 2.75) is 27.2 Å². The molecule has 0 bridgehead atoms. The van der Waals surface area contributed by atoms with Crippen LogP contribution in [-0.2, 0) is 0 Å². The number of hydrogen-bond acceptors (Lipinski definition) is 1. The zero-order valence-corrected chi connectivity index (χ0v) is 12.0. The Morgan fingerprint density at radius 3 is 2.28 bits per heavy atom. The molecule has 1 aromatic rings. The molecule has 0 aromatic heterocycles. The summed E-state index contributed by atoms with van der Waals surface area (Å²) in [7, 11) is 0. The van der Waals surface area contributed by atoms with Crippen LogP contribution in [0.4, 0.5) is 0 Å². The Hall–Kier alpha value is -1.28. The van der Waals surface area contributed by atoms with Crippen LogP contribution in [0.5, 0.6) is 0 Å². The molecular weight excluding hydrogens is 246 g/mol. The summed E-state index contributed by atoms with van der Waals surface area (Å²) in [6.45, 7) is 10.8. The highest BCUT2D eigenvalue weighted by Gasteiger charge is 2.15. The van der Waals surface area contributed by atoms with Gasteiger partial charge in [0.15, 0.2) is 0 Å². The van der Waals surface area contributed by atoms with E-state index in [0.29, 0.717) is 18.1 Å². The van der Waals surface area contributed by atoms with Gasteiger partial charge in [0, 0.05) is 17.1 Å².